The number of nitro benzene ring substituents is 1. The number of hydrogen-bond acceptors (Lipinski definition) is 5. The number of nitrogens with zero attached hydrogens (tertiary/aromatic N) is 1. The lowest BCUT2D eigenvalue weighted by Gasteiger charge is -2.36. The summed E-state index contributed by atoms with van der Waals surface area (Å²) in [7, 11) is 0. The van der Waals surface area contributed by atoms with E-state index in [4.69, 9.17) is 0 Å². The summed E-state index contributed by atoms with van der Waals surface area (Å²) in [6.45, 7) is 2.11. The Bertz CT molecular complexity index is 874. The maximum Gasteiger partial charge on any atom is 0.313 e. The summed E-state index contributed by atoms with van der Waals surface area (Å²) in [5.41, 5.74) is 0.340. The summed E-state index contributed by atoms with van der Waals surface area (Å²) in [4.78, 5) is 36.5. The van der Waals surface area contributed by atoms with Crippen molar-refractivity contribution in [3.05, 3.63) is 56.3 Å². The molecule has 1 fully saturated rings. The Hall–Kier alpha value is -2.74. The van der Waals surface area contributed by atoms with E-state index in [1.807, 2.05) is 11.4 Å². The minimum Gasteiger partial charge on any atom is -0.347 e. The van der Waals surface area contributed by atoms with Crippen LogP contribution in [0.1, 0.15) is 42.5 Å². The monoisotopic (exact) mass is 401 g/mol. The molecule has 2 amide bonds. The van der Waals surface area contributed by atoms with Crippen LogP contribution in [0, 0.1) is 17.0 Å². The summed E-state index contributed by atoms with van der Waals surface area (Å²) in [5, 5.41) is 18.3. The van der Waals surface area contributed by atoms with Gasteiger partial charge in [-0.2, -0.15) is 0 Å². The Morgan fingerprint density at radius 2 is 1.93 bits per heavy atom. The van der Waals surface area contributed by atoms with E-state index in [9.17, 15) is 19.7 Å². The summed E-state index contributed by atoms with van der Waals surface area (Å²) in [5.74, 6) is -1.68. The first kappa shape index (κ1) is 20.0. The number of amides is 2. The lowest BCUT2D eigenvalue weighted by Crippen LogP contribution is -2.45. The number of carbonyl (C=O) groups is 2. The Morgan fingerprint density at radius 3 is 2.57 bits per heavy atom. The Morgan fingerprint density at radius 1 is 1.18 bits per heavy atom. The topological polar surface area (TPSA) is 101 Å². The highest BCUT2D eigenvalue weighted by atomic mass is 32.1. The van der Waals surface area contributed by atoms with Gasteiger partial charge in [0.1, 0.15) is 5.69 Å². The predicted molar refractivity (Wildman–Crippen MR) is 109 cm³/mol. The highest BCUT2D eigenvalue weighted by Gasteiger charge is 2.35. The van der Waals surface area contributed by atoms with Crippen LogP contribution in [-0.2, 0) is 15.0 Å². The Balaban J connectivity index is 1.68. The van der Waals surface area contributed by atoms with Crippen molar-refractivity contribution in [3.8, 4) is 0 Å². The molecule has 2 N–H and O–H groups in total. The molecular weight excluding hydrogens is 378 g/mol. The average molecular weight is 401 g/mol. The van der Waals surface area contributed by atoms with Gasteiger partial charge in [-0.1, -0.05) is 31.4 Å². The van der Waals surface area contributed by atoms with Crippen LogP contribution in [0.3, 0.4) is 0 Å². The molecule has 1 saturated carbocycles. The SMILES string of the molecule is Cc1ccc(NC(=O)C(=O)NCC2(c3cccs3)CCCCC2)c([N+](=O)[O-])c1. The number of nitrogens with one attached hydrogen (secondary N) is 2. The van der Waals surface area contributed by atoms with Crippen molar-refractivity contribution >= 4 is 34.5 Å². The molecule has 1 heterocycles. The molecule has 0 aliphatic heterocycles. The normalized spacial score (nSPS) is 15.6. The van der Waals surface area contributed by atoms with Crippen LogP contribution in [0.2, 0.25) is 0 Å². The van der Waals surface area contributed by atoms with E-state index < -0.39 is 16.7 Å². The van der Waals surface area contributed by atoms with Gasteiger partial charge in [0, 0.05) is 22.9 Å². The Labute approximate surface area is 167 Å². The third-order valence-electron chi connectivity index (χ3n) is 5.25. The van der Waals surface area contributed by atoms with E-state index in [1.165, 1.54) is 23.4 Å². The van der Waals surface area contributed by atoms with Gasteiger partial charge in [-0.25, -0.2) is 0 Å². The van der Waals surface area contributed by atoms with Gasteiger partial charge in [0.2, 0.25) is 0 Å². The van der Waals surface area contributed by atoms with E-state index in [0.717, 1.165) is 25.7 Å². The van der Waals surface area contributed by atoms with Crippen LogP contribution in [0.5, 0.6) is 0 Å². The average Bonchev–Trinajstić information content (AvgIpc) is 3.23. The van der Waals surface area contributed by atoms with Crippen molar-refractivity contribution in [3.63, 3.8) is 0 Å². The van der Waals surface area contributed by atoms with E-state index in [1.54, 1.807) is 24.3 Å². The van der Waals surface area contributed by atoms with Crippen LogP contribution in [-0.4, -0.2) is 23.3 Å². The molecule has 3 rings (SSSR count). The molecular formula is C20H23N3O4S. The molecule has 2 aromatic rings. The molecule has 0 unspecified atom stereocenters. The Kier molecular flexibility index (Phi) is 6.08. The number of hydrogen-bond donors (Lipinski definition) is 2. The zero-order valence-corrected chi connectivity index (χ0v) is 16.5. The van der Waals surface area contributed by atoms with E-state index >= 15 is 0 Å². The zero-order chi connectivity index (χ0) is 20.1. The fourth-order valence-corrected chi connectivity index (χ4v) is 4.71. The fourth-order valence-electron chi connectivity index (χ4n) is 3.73. The smallest absolute Gasteiger partial charge is 0.313 e. The molecule has 7 nitrogen and oxygen atoms in total. The zero-order valence-electron chi connectivity index (χ0n) is 15.7. The predicted octanol–water partition coefficient (Wildman–Crippen LogP) is 3.92. The van der Waals surface area contributed by atoms with Crippen LogP contribution in [0.15, 0.2) is 35.7 Å². The van der Waals surface area contributed by atoms with E-state index in [2.05, 4.69) is 16.7 Å². The first-order valence-electron chi connectivity index (χ1n) is 9.29. The minimum atomic E-state index is -0.899. The van der Waals surface area contributed by atoms with Gasteiger partial charge in [-0.15, -0.1) is 11.3 Å². The number of anilines is 1. The van der Waals surface area contributed by atoms with Crippen LogP contribution < -0.4 is 10.6 Å². The molecule has 148 valence electrons. The molecule has 0 saturated heterocycles. The number of benzene rings is 1. The number of aryl methyl sites for hydroxylation is 1. The summed E-state index contributed by atoms with van der Waals surface area (Å²) in [6, 6.07) is 8.53. The van der Waals surface area contributed by atoms with E-state index in [0.29, 0.717) is 12.1 Å². The van der Waals surface area contributed by atoms with Gasteiger partial charge in [-0.05, 0) is 42.8 Å². The van der Waals surface area contributed by atoms with Crippen molar-refractivity contribution < 1.29 is 14.5 Å². The first-order valence-corrected chi connectivity index (χ1v) is 10.2. The fraction of sp³-hybridized carbons (Fsp3) is 0.400. The number of rotatable bonds is 5. The molecule has 0 atom stereocenters. The molecule has 28 heavy (non-hydrogen) atoms. The second kappa shape index (κ2) is 8.52. The van der Waals surface area contributed by atoms with Crippen LogP contribution >= 0.6 is 11.3 Å². The van der Waals surface area contributed by atoms with Gasteiger partial charge >= 0.3 is 11.8 Å². The number of nitro groups is 1. The maximum atomic E-state index is 12.4. The van der Waals surface area contributed by atoms with Gasteiger partial charge < -0.3 is 10.6 Å². The van der Waals surface area contributed by atoms with Crippen molar-refractivity contribution in [1.82, 2.24) is 5.32 Å². The minimum absolute atomic E-state index is 0.0152. The third kappa shape index (κ3) is 4.39. The van der Waals surface area contributed by atoms with Crippen molar-refractivity contribution in [2.24, 2.45) is 0 Å². The second-order valence-electron chi connectivity index (χ2n) is 7.23. The molecule has 0 radical (unpaired) electrons. The largest absolute Gasteiger partial charge is 0.347 e. The summed E-state index contributed by atoms with van der Waals surface area (Å²) >= 11 is 1.67. The van der Waals surface area contributed by atoms with Gasteiger partial charge in [0.25, 0.3) is 5.69 Å². The van der Waals surface area contributed by atoms with Gasteiger partial charge in [-0.3, -0.25) is 19.7 Å². The summed E-state index contributed by atoms with van der Waals surface area (Å²) < 4.78 is 0. The molecule has 1 aliphatic carbocycles. The highest BCUT2D eigenvalue weighted by molar-refractivity contribution is 7.10. The highest BCUT2D eigenvalue weighted by Crippen LogP contribution is 2.41. The second-order valence-corrected chi connectivity index (χ2v) is 8.18. The van der Waals surface area contributed by atoms with Crippen LogP contribution in [0.4, 0.5) is 11.4 Å². The van der Waals surface area contributed by atoms with Crippen LogP contribution in [0.25, 0.3) is 0 Å². The number of carbonyl (C=O) groups excluding carboxylic acids is 2. The lowest BCUT2D eigenvalue weighted by molar-refractivity contribution is -0.384. The van der Waals surface area contributed by atoms with Gasteiger partial charge in [0.05, 0.1) is 4.92 Å². The molecule has 1 aromatic carbocycles. The third-order valence-corrected chi connectivity index (χ3v) is 6.36. The molecule has 1 aromatic heterocycles. The molecule has 1 aliphatic rings. The molecule has 8 heteroatoms. The number of thiophene rings is 1. The van der Waals surface area contributed by atoms with Crippen molar-refractivity contribution in [2.75, 3.05) is 11.9 Å². The quantitative estimate of drug-likeness (QED) is 0.450. The lowest BCUT2D eigenvalue weighted by atomic mass is 9.73. The van der Waals surface area contributed by atoms with E-state index in [-0.39, 0.29) is 16.8 Å². The van der Waals surface area contributed by atoms with Crippen molar-refractivity contribution in [2.45, 2.75) is 44.4 Å². The van der Waals surface area contributed by atoms with Gasteiger partial charge in [0.15, 0.2) is 0 Å². The summed E-state index contributed by atoms with van der Waals surface area (Å²) in [6.07, 6.45) is 5.31. The molecule has 0 spiro atoms. The maximum absolute atomic E-state index is 12.4. The first-order chi connectivity index (χ1) is 13.4. The standard InChI is InChI=1S/C20H23N3O4S/c1-14-7-8-15(16(12-14)23(26)27)22-19(25)18(24)21-13-20(9-3-2-4-10-20)17-6-5-11-28-17/h5-8,11-12H,2-4,9-10,13H2,1H3,(H,21,24)(H,22,25). The van der Waals surface area contributed by atoms with Crippen molar-refractivity contribution in [1.29, 1.82) is 0 Å². The molecule has 0 bridgehead atoms.